The van der Waals surface area contributed by atoms with Crippen LogP contribution in [0.5, 0.6) is 11.5 Å². The average Bonchev–Trinajstić information content (AvgIpc) is 3.40. The molecular weight excluding hydrogens is 380 g/mol. The molecule has 8 heteroatoms. The zero-order chi connectivity index (χ0) is 20.5. The summed E-state index contributed by atoms with van der Waals surface area (Å²) >= 11 is 0. The molecule has 0 unspecified atom stereocenters. The van der Waals surface area contributed by atoms with Gasteiger partial charge in [-0.05, 0) is 47.7 Å². The van der Waals surface area contributed by atoms with Crippen LogP contribution in [0.4, 0.5) is 0 Å². The summed E-state index contributed by atoms with van der Waals surface area (Å²) in [7, 11) is 2.17. The predicted octanol–water partition coefficient (Wildman–Crippen LogP) is 2.10. The van der Waals surface area contributed by atoms with Gasteiger partial charge in [0.15, 0.2) is 17.3 Å². The Morgan fingerprint density at radius 3 is 2.53 bits per heavy atom. The molecule has 1 atom stereocenters. The normalized spacial score (nSPS) is 17.9. The van der Waals surface area contributed by atoms with E-state index in [0.29, 0.717) is 6.54 Å². The second-order valence-corrected chi connectivity index (χ2v) is 8.03. The third-order valence-electron chi connectivity index (χ3n) is 5.87. The van der Waals surface area contributed by atoms with E-state index >= 15 is 0 Å². The van der Waals surface area contributed by atoms with E-state index in [1.807, 2.05) is 22.9 Å². The minimum absolute atomic E-state index is 0.0170. The number of benzene rings is 2. The Labute approximate surface area is 176 Å². The first-order valence-electron chi connectivity index (χ1n) is 10.3. The number of ether oxygens (including phenoxy) is 2. The Bertz CT molecular complexity index is 1010. The summed E-state index contributed by atoms with van der Waals surface area (Å²) in [5.74, 6) is 2.42. The van der Waals surface area contributed by atoms with Gasteiger partial charge >= 0.3 is 0 Å². The summed E-state index contributed by atoms with van der Waals surface area (Å²) < 4.78 is 12.9. The first-order valence-corrected chi connectivity index (χ1v) is 10.3. The van der Waals surface area contributed by atoms with E-state index in [1.54, 1.807) is 0 Å². The van der Waals surface area contributed by atoms with Crippen LogP contribution in [0.25, 0.3) is 0 Å². The minimum Gasteiger partial charge on any atom is -0.454 e. The summed E-state index contributed by atoms with van der Waals surface area (Å²) in [6.45, 7) is 6.98. The number of nitrogens with zero attached hydrogens (tertiary/aromatic N) is 6. The van der Waals surface area contributed by atoms with Crippen molar-refractivity contribution in [2.45, 2.75) is 19.5 Å². The number of piperazine rings is 1. The molecule has 1 aromatic heterocycles. The van der Waals surface area contributed by atoms with Gasteiger partial charge < -0.3 is 14.4 Å². The molecule has 156 valence electrons. The molecular formula is C22H26N6O2. The van der Waals surface area contributed by atoms with Gasteiger partial charge in [0.1, 0.15) is 0 Å². The van der Waals surface area contributed by atoms with Crippen LogP contribution in [0, 0.1) is 6.92 Å². The number of hydrogen-bond acceptors (Lipinski definition) is 7. The molecule has 0 aliphatic carbocycles. The second kappa shape index (κ2) is 8.04. The van der Waals surface area contributed by atoms with Gasteiger partial charge in [-0.2, -0.15) is 0 Å². The molecule has 3 aromatic rings. The molecule has 0 radical (unpaired) electrons. The van der Waals surface area contributed by atoms with Crippen molar-refractivity contribution in [2.75, 3.05) is 40.0 Å². The van der Waals surface area contributed by atoms with E-state index < -0.39 is 0 Å². The fourth-order valence-electron chi connectivity index (χ4n) is 4.08. The number of hydrogen-bond donors (Lipinski definition) is 0. The molecule has 30 heavy (non-hydrogen) atoms. The van der Waals surface area contributed by atoms with E-state index in [1.165, 1.54) is 11.1 Å². The molecule has 2 aromatic carbocycles. The lowest BCUT2D eigenvalue weighted by molar-refractivity contribution is 0.121. The van der Waals surface area contributed by atoms with Crippen LogP contribution in [0.1, 0.15) is 28.6 Å². The van der Waals surface area contributed by atoms with E-state index in [2.05, 4.69) is 63.6 Å². The largest absolute Gasteiger partial charge is 0.454 e. The van der Waals surface area contributed by atoms with Crippen molar-refractivity contribution in [2.24, 2.45) is 0 Å². The molecule has 2 aliphatic heterocycles. The van der Waals surface area contributed by atoms with Crippen LogP contribution in [-0.4, -0.2) is 70.0 Å². The zero-order valence-corrected chi connectivity index (χ0v) is 17.4. The van der Waals surface area contributed by atoms with Crippen LogP contribution in [-0.2, 0) is 6.54 Å². The van der Waals surface area contributed by atoms with E-state index in [4.69, 9.17) is 9.47 Å². The summed E-state index contributed by atoms with van der Waals surface area (Å²) in [6.07, 6.45) is 0. The molecule has 1 saturated heterocycles. The van der Waals surface area contributed by atoms with Crippen molar-refractivity contribution < 1.29 is 9.47 Å². The zero-order valence-electron chi connectivity index (χ0n) is 17.4. The maximum Gasteiger partial charge on any atom is 0.231 e. The fraction of sp³-hybridized carbons (Fsp3) is 0.409. The second-order valence-electron chi connectivity index (χ2n) is 8.03. The first-order chi connectivity index (χ1) is 14.7. The van der Waals surface area contributed by atoms with Crippen LogP contribution < -0.4 is 9.47 Å². The summed E-state index contributed by atoms with van der Waals surface area (Å²) in [5.41, 5.74) is 3.54. The lowest BCUT2D eigenvalue weighted by Crippen LogP contribution is -2.46. The van der Waals surface area contributed by atoms with Crippen molar-refractivity contribution in [1.82, 2.24) is 30.0 Å². The lowest BCUT2D eigenvalue weighted by atomic mass is 10.0. The predicted molar refractivity (Wildman–Crippen MR) is 112 cm³/mol. The Hall–Kier alpha value is -2.97. The number of rotatable bonds is 5. The maximum absolute atomic E-state index is 5.53. The van der Waals surface area contributed by atoms with Crippen LogP contribution >= 0.6 is 0 Å². The van der Waals surface area contributed by atoms with Crippen molar-refractivity contribution in [3.8, 4) is 11.5 Å². The summed E-state index contributed by atoms with van der Waals surface area (Å²) in [5, 5.41) is 12.8. The van der Waals surface area contributed by atoms with Gasteiger partial charge in [-0.1, -0.05) is 35.9 Å². The highest BCUT2D eigenvalue weighted by atomic mass is 16.7. The molecule has 1 fully saturated rings. The standard InChI is InChI=1S/C22H26N6O2/c1-16-3-6-18(7-4-16)21(27-11-9-26(2)10-12-27)22-23-24-25-28(22)14-17-5-8-19-20(13-17)30-15-29-19/h3-8,13,21H,9-12,14-15H2,1-2H3/t21-/m1/s1. The number of likely N-dealkylation sites (N-methyl/N-ethyl adjacent to an activating group) is 1. The van der Waals surface area contributed by atoms with Crippen molar-refractivity contribution >= 4 is 0 Å². The van der Waals surface area contributed by atoms with E-state index in [9.17, 15) is 0 Å². The van der Waals surface area contributed by atoms with Crippen LogP contribution in [0.3, 0.4) is 0 Å². The Kier molecular flexibility index (Phi) is 5.10. The van der Waals surface area contributed by atoms with Gasteiger partial charge in [-0.15, -0.1) is 5.10 Å². The van der Waals surface area contributed by atoms with Gasteiger partial charge in [0, 0.05) is 26.2 Å². The molecule has 2 aliphatic rings. The summed E-state index contributed by atoms with van der Waals surface area (Å²) in [4.78, 5) is 4.84. The van der Waals surface area contributed by atoms with Gasteiger partial charge in [-0.3, -0.25) is 4.90 Å². The Balaban J connectivity index is 1.47. The smallest absolute Gasteiger partial charge is 0.231 e. The highest BCUT2D eigenvalue weighted by molar-refractivity contribution is 5.44. The topological polar surface area (TPSA) is 68.5 Å². The Morgan fingerprint density at radius 1 is 0.967 bits per heavy atom. The molecule has 0 saturated carbocycles. The summed E-state index contributed by atoms with van der Waals surface area (Å²) in [6, 6.07) is 14.7. The molecule has 0 N–H and O–H groups in total. The fourth-order valence-corrected chi connectivity index (χ4v) is 4.08. The lowest BCUT2D eigenvalue weighted by Gasteiger charge is -2.37. The van der Waals surface area contributed by atoms with Crippen molar-refractivity contribution in [1.29, 1.82) is 0 Å². The van der Waals surface area contributed by atoms with Crippen molar-refractivity contribution in [3.05, 3.63) is 65.0 Å². The number of tetrazole rings is 1. The van der Waals surface area contributed by atoms with Crippen LogP contribution in [0.15, 0.2) is 42.5 Å². The molecule has 8 nitrogen and oxygen atoms in total. The maximum atomic E-state index is 5.53. The highest BCUT2D eigenvalue weighted by Gasteiger charge is 2.30. The van der Waals surface area contributed by atoms with E-state index in [0.717, 1.165) is 49.1 Å². The van der Waals surface area contributed by atoms with Crippen molar-refractivity contribution in [3.63, 3.8) is 0 Å². The molecule has 0 bridgehead atoms. The van der Waals surface area contributed by atoms with Gasteiger partial charge in [0.2, 0.25) is 6.79 Å². The van der Waals surface area contributed by atoms with Gasteiger partial charge in [0.05, 0.1) is 12.6 Å². The minimum atomic E-state index is 0.0170. The number of fused-ring (bicyclic) bond motifs is 1. The number of aryl methyl sites for hydroxylation is 1. The third-order valence-corrected chi connectivity index (χ3v) is 5.87. The highest BCUT2D eigenvalue weighted by Crippen LogP contribution is 2.33. The average molecular weight is 406 g/mol. The first kappa shape index (κ1) is 19.0. The third kappa shape index (κ3) is 3.76. The van der Waals surface area contributed by atoms with Gasteiger partial charge in [0.25, 0.3) is 0 Å². The molecule has 5 rings (SSSR count). The SMILES string of the molecule is Cc1ccc([C@H](c2nnnn2Cc2ccc3c(c2)OCO3)N2CCN(C)CC2)cc1. The molecule has 0 spiro atoms. The number of aromatic nitrogens is 4. The Morgan fingerprint density at radius 2 is 1.73 bits per heavy atom. The quantitative estimate of drug-likeness (QED) is 0.643. The van der Waals surface area contributed by atoms with Gasteiger partial charge in [-0.25, -0.2) is 4.68 Å². The monoisotopic (exact) mass is 406 g/mol. The van der Waals surface area contributed by atoms with E-state index in [-0.39, 0.29) is 12.8 Å². The molecule has 0 amide bonds. The van der Waals surface area contributed by atoms with Crippen LogP contribution in [0.2, 0.25) is 0 Å². The molecule has 3 heterocycles.